The highest BCUT2D eigenvalue weighted by atomic mass is 16.6. The Morgan fingerprint density at radius 2 is 1.85 bits per heavy atom. The van der Waals surface area contributed by atoms with Gasteiger partial charge in [0.2, 0.25) is 0 Å². The van der Waals surface area contributed by atoms with Crippen molar-refractivity contribution in [3.63, 3.8) is 0 Å². The Morgan fingerprint density at radius 3 is 2.52 bits per heavy atom. The smallest absolute Gasteiger partial charge is 0.349 e. The largest absolute Gasteiger partial charge is 0.497 e. The summed E-state index contributed by atoms with van der Waals surface area (Å²) >= 11 is 0. The van der Waals surface area contributed by atoms with Crippen LogP contribution in [0.2, 0.25) is 0 Å². The van der Waals surface area contributed by atoms with E-state index in [1.54, 1.807) is 42.0 Å². The molecule has 0 aliphatic carbocycles. The molecule has 4 rings (SSSR count). The van der Waals surface area contributed by atoms with Gasteiger partial charge >= 0.3 is 5.69 Å². The summed E-state index contributed by atoms with van der Waals surface area (Å²) < 4.78 is 6.77. The zero-order valence-corrected chi connectivity index (χ0v) is 14.0. The highest BCUT2D eigenvalue weighted by molar-refractivity contribution is 5.88. The molecule has 2 heterocycles. The zero-order valence-electron chi connectivity index (χ0n) is 14.0. The van der Waals surface area contributed by atoms with E-state index in [4.69, 9.17) is 4.74 Å². The molecule has 0 bridgehead atoms. The van der Waals surface area contributed by atoms with E-state index in [0.29, 0.717) is 22.3 Å². The standard InChI is InChI=1S/C18H12N4O5/c1-27-13-5-2-11(3-6-13)21-15-7-4-12(22(25)26)8-10(15)9-14-16(21)19-18(24)20-17(14)23/h2-9H,1H3,(H,20,23,24). The molecule has 0 fully saturated rings. The van der Waals surface area contributed by atoms with E-state index in [9.17, 15) is 19.7 Å². The van der Waals surface area contributed by atoms with Crippen LogP contribution < -0.4 is 16.0 Å². The molecule has 27 heavy (non-hydrogen) atoms. The van der Waals surface area contributed by atoms with Gasteiger partial charge in [0.15, 0.2) is 5.82 Å². The Labute approximate surface area is 151 Å². The summed E-state index contributed by atoms with van der Waals surface area (Å²) in [6.07, 6.45) is 0. The van der Waals surface area contributed by atoms with E-state index in [0.717, 1.165) is 0 Å². The number of nitrogens with one attached hydrogen (secondary N) is 1. The fourth-order valence-corrected chi connectivity index (χ4v) is 2.99. The lowest BCUT2D eigenvalue weighted by molar-refractivity contribution is -0.384. The number of methoxy groups -OCH3 is 1. The molecule has 2 aromatic rings. The second kappa shape index (κ2) is 6.06. The lowest BCUT2D eigenvalue weighted by Gasteiger charge is -2.17. The van der Waals surface area contributed by atoms with Crippen molar-refractivity contribution in [1.29, 1.82) is 0 Å². The Bertz CT molecular complexity index is 1270. The SMILES string of the molecule is COc1ccc(-n2c3nc(=O)[nH]c(=O)c-3cc3cc([N+](=O)[O-])ccc32)cc1. The fourth-order valence-electron chi connectivity index (χ4n) is 2.99. The molecule has 0 aromatic heterocycles. The summed E-state index contributed by atoms with van der Waals surface area (Å²) in [7, 11) is 1.54. The zero-order chi connectivity index (χ0) is 19.1. The second-order valence-electron chi connectivity index (χ2n) is 5.79. The van der Waals surface area contributed by atoms with Crippen molar-refractivity contribution in [3.8, 4) is 22.8 Å². The quantitative estimate of drug-likeness (QED) is 0.338. The van der Waals surface area contributed by atoms with Gasteiger partial charge in [-0.25, -0.2) is 4.79 Å². The van der Waals surface area contributed by atoms with Gasteiger partial charge in [0.05, 0.1) is 23.1 Å². The molecule has 1 N–H and O–H groups in total. The van der Waals surface area contributed by atoms with E-state index in [2.05, 4.69) is 9.97 Å². The number of ether oxygens (including phenoxy) is 1. The number of benzene rings is 2. The number of aromatic nitrogens is 3. The maximum atomic E-state index is 12.3. The van der Waals surface area contributed by atoms with Gasteiger partial charge in [-0.1, -0.05) is 0 Å². The van der Waals surface area contributed by atoms with Crippen LogP contribution in [0.3, 0.4) is 0 Å². The molecule has 9 nitrogen and oxygen atoms in total. The summed E-state index contributed by atoms with van der Waals surface area (Å²) in [4.78, 5) is 40.7. The van der Waals surface area contributed by atoms with Crippen molar-refractivity contribution in [2.45, 2.75) is 0 Å². The van der Waals surface area contributed by atoms with Gasteiger partial charge in [-0.3, -0.25) is 24.5 Å². The van der Waals surface area contributed by atoms with Crippen molar-refractivity contribution < 1.29 is 9.66 Å². The molecule has 0 spiro atoms. The number of nitrogens with zero attached hydrogens (tertiary/aromatic N) is 3. The first-order chi connectivity index (χ1) is 13.0. The Kier molecular flexibility index (Phi) is 3.69. The first-order valence-electron chi connectivity index (χ1n) is 7.86. The summed E-state index contributed by atoms with van der Waals surface area (Å²) in [6.45, 7) is 0. The molecule has 9 heteroatoms. The summed E-state index contributed by atoms with van der Waals surface area (Å²) in [6, 6.07) is 12.7. The van der Waals surface area contributed by atoms with E-state index in [-0.39, 0.29) is 17.1 Å². The Balaban J connectivity index is 2.15. The van der Waals surface area contributed by atoms with Crippen LogP contribution in [0.5, 0.6) is 5.75 Å². The monoisotopic (exact) mass is 364 g/mol. The van der Waals surface area contributed by atoms with Crippen LogP contribution in [-0.2, 0) is 0 Å². The maximum absolute atomic E-state index is 12.3. The third-order valence-corrected chi connectivity index (χ3v) is 4.22. The molecule has 0 saturated heterocycles. The van der Waals surface area contributed by atoms with Crippen LogP contribution in [0.15, 0.2) is 58.1 Å². The molecular weight excluding hydrogens is 352 g/mol. The van der Waals surface area contributed by atoms with E-state index < -0.39 is 16.2 Å². The Hall–Kier alpha value is -4.01. The van der Waals surface area contributed by atoms with Gasteiger partial charge in [-0.05, 0) is 36.4 Å². The predicted octanol–water partition coefficient (Wildman–Crippen LogP) is 2.10. The first kappa shape index (κ1) is 16.5. The topological polar surface area (TPSA) is 120 Å². The molecular formula is C18H12N4O5. The van der Waals surface area contributed by atoms with Crippen LogP contribution in [0.4, 0.5) is 5.69 Å². The number of nitro benzene ring substituents is 1. The maximum Gasteiger partial charge on any atom is 0.349 e. The third kappa shape index (κ3) is 2.71. The lowest BCUT2D eigenvalue weighted by Crippen LogP contribution is -2.27. The molecule has 0 unspecified atom stereocenters. The number of nitro groups is 1. The molecule has 0 saturated carbocycles. The summed E-state index contributed by atoms with van der Waals surface area (Å²) in [5.41, 5.74) is -0.142. The van der Waals surface area contributed by atoms with Crippen molar-refractivity contribution in [2.75, 3.05) is 7.11 Å². The van der Waals surface area contributed by atoms with E-state index in [1.807, 2.05) is 0 Å². The molecule has 2 aliphatic rings. The minimum absolute atomic E-state index is 0.104. The van der Waals surface area contributed by atoms with Gasteiger partial charge in [-0.2, -0.15) is 4.98 Å². The number of hydrogen-bond acceptors (Lipinski definition) is 6. The van der Waals surface area contributed by atoms with Gasteiger partial charge in [0.25, 0.3) is 11.2 Å². The average Bonchev–Trinajstić information content (AvgIpc) is 2.66. The van der Waals surface area contributed by atoms with Crippen molar-refractivity contribution >= 4 is 16.6 Å². The number of aromatic amines is 1. The van der Waals surface area contributed by atoms with Crippen LogP contribution in [-0.4, -0.2) is 26.6 Å². The Morgan fingerprint density at radius 1 is 1.11 bits per heavy atom. The number of fused-ring (bicyclic) bond motifs is 2. The van der Waals surface area contributed by atoms with Gasteiger partial charge in [0, 0.05) is 23.2 Å². The molecule has 2 aromatic carbocycles. The number of hydrogen-bond donors (Lipinski definition) is 1. The molecule has 0 radical (unpaired) electrons. The van der Waals surface area contributed by atoms with E-state index >= 15 is 0 Å². The van der Waals surface area contributed by atoms with Gasteiger partial charge in [-0.15, -0.1) is 0 Å². The predicted molar refractivity (Wildman–Crippen MR) is 97.8 cm³/mol. The minimum Gasteiger partial charge on any atom is -0.497 e. The van der Waals surface area contributed by atoms with Gasteiger partial charge < -0.3 is 4.74 Å². The normalized spacial score (nSPS) is 11.0. The molecule has 2 aliphatic heterocycles. The van der Waals surface area contributed by atoms with Crippen LogP contribution in [0, 0.1) is 10.1 Å². The second-order valence-corrected chi connectivity index (χ2v) is 5.79. The average molecular weight is 364 g/mol. The number of H-pyrrole nitrogens is 1. The first-order valence-corrected chi connectivity index (χ1v) is 7.86. The van der Waals surface area contributed by atoms with Crippen molar-refractivity contribution in [3.05, 3.63) is 79.5 Å². The number of rotatable bonds is 3. The van der Waals surface area contributed by atoms with Crippen LogP contribution in [0.1, 0.15) is 0 Å². The van der Waals surface area contributed by atoms with Crippen molar-refractivity contribution in [1.82, 2.24) is 14.5 Å². The summed E-state index contributed by atoms with van der Waals surface area (Å²) in [5, 5.41) is 11.6. The van der Waals surface area contributed by atoms with Crippen LogP contribution in [0.25, 0.3) is 28.0 Å². The van der Waals surface area contributed by atoms with E-state index in [1.165, 1.54) is 18.2 Å². The highest BCUT2D eigenvalue weighted by Gasteiger charge is 2.19. The van der Waals surface area contributed by atoms with Crippen molar-refractivity contribution in [2.24, 2.45) is 0 Å². The molecule has 0 atom stereocenters. The third-order valence-electron chi connectivity index (χ3n) is 4.22. The number of pyridine rings is 1. The van der Waals surface area contributed by atoms with Crippen LogP contribution >= 0.6 is 0 Å². The number of non-ortho nitro benzene ring substituents is 1. The highest BCUT2D eigenvalue weighted by Crippen LogP contribution is 2.30. The van der Waals surface area contributed by atoms with Gasteiger partial charge in [0.1, 0.15) is 5.75 Å². The molecule has 0 amide bonds. The minimum atomic E-state index is -0.768. The molecule has 134 valence electrons. The fraction of sp³-hybridized carbons (Fsp3) is 0.0556. The summed E-state index contributed by atoms with van der Waals surface area (Å²) in [5.74, 6) is 0.796. The lowest BCUT2D eigenvalue weighted by atomic mass is 10.1.